The lowest BCUT2D eigenvalue weighted by Crippen LogP contribution is -2.48. The zero-order chi connectivity index (χ0) is 14.5. The molecule has 0 bridgehead atoms. The fourth-order valence-corrected chi connectivity index (χ4v) is 2.47. The molecule has 1 aliphatic rings. The molecule has 0 aliphatic carbocycles. The lowest BCUT2D eigenvalue weighted by Gasteiger charge is -2.34. The topological polar surface area (TPSA) is 65.1 Å². The van der Waals surface area contributed by atoms with Crippen LogP contribution in [0.15, 0.2) is 23.4 Å². The van der Waals surface area contributed by atoms with Crippen LogP contribution in [0.1, 0.15) is 5.56 Å². The van der Waals surface area contributed by atoms with Crippen molar-refractivity contribution in [3.63, 3.8) is 0 Å². The maximum Gasteiger partial charge on any atom is 0.153 e. The predicted molar refractivity (Wildman–Crippen MR) is 76.5 cm³/mol. The second kappa shape index (κ2) is 6.88. The zero-order valence-electron chi connectivity index (χ0n) is 11.1. The summed E-state index contributed by atoms with van der Waals surface area (Å²) in [5.41, 5.74) is 6.49. The van der Waals surface area contributed by atoms with Crippen LogP contribution >= 0.6 is 11.6 Å². The maximum absolute atomic E-state index is 13.1. The molecule has 3 N–H and O–H groups in total. The number of hydrogen-bond acceptors (Lipinski definition) is 4. The Bertz CT molecular complexity index is 489. The molecule has 0 aromatic heterocycles. The first-order valence-electron chi connectivity index (χ1n) is 6.43. The van der Waals surface area contributed by atoms with Crippen LogP contribution < -0.4 is 5.73 Å². The Balaban J connectivity index is 1.83. The van der Waals surface area contributed by atoms with Gasteiger partial charge in [-0.3, -0.25) is 9.80 Å². The molecule has 110 valence electrons. The normalized spacial score (nSPS) is 18.4. The van der Waals surface area contributed by atoms with E-state index >= 15 is 0 Å². The third kappa shape index (κ3) is 4.06. The van der Waals surface area contributed by atoms with E-state index in [1.54, 1.807) is 12.1 Å². The Morgan fingerprint density at radius 1 is 1.30 bits per heavy atom. The van der Waals surface area contributed by atoms with Gasteiger partial charge in [0.1, 0.15) is 5.82 Å². The summed E-state index contributed by atoms with van der Waals surface area (Å²) in [6.45, 7) is 4.70. The van der Waals surface area contributed by atoms with Crippen molar-refractivity contribution in [2.75, 3.05) is 32.7 Å². The number of hydrogen-bond donors (Lipinski definition) is 2. The summed E-state index contributed by atoms with van der Waals surface area (Å²) in [4.78, 5) is 4.40. The lowest BCUT2D eigenvalue weighted by molar-refractivity contribution is 0.139. The van der Waals surface area contributed by atoms with E-state index in [9.17, 15) is 4.39 Å². The van der Waals surface area contributed by atoms with Crippen LogP contribution in [0, 0.1) is 5.82 Å². The molecule has 5 nitrogen and oxygen atoms in total. The van der Waals surface area contributed by atoms with Crippen LogP contribution in [0.2, 0.25) is 5.02 Å². The van der Waals surface area contributed by atoms with E-state index in [0.717, 1.165) is 38.3 Å². The number of halogens is 2. The van der Waals surface area contributed by atoms with Gasteiger partial charge in [0.25, 0.3) is 0 Å². The molecule has 0 unspecified atom stereocenters. The molecule has 1 aromatic carbocycles. The molecule has 2 rings (SSSR count). The number of rotatable bonds is 4. The highest BCUT2D eigenvalue weighted by Gasteiger charge is 2.18. The average molecular weight is 301 g/mol. The Morgan fingerprint density at radius 2 is 1.95 bits per heavy atom. The molecule has 0 saturated carbocycles. The molecule has 0 radical (unpaired) electrons. The lowest BCUT2D eigenvalue weighted by atomic mass is 10.2. The van der Waals surface area contributed by atoms with Crippen molar-refractivity contribution in [2.24, 2.45) is 10.9 Å². The SMILES string of the molecule is N/C(CN1CCN(Cc2ccc(F)c(Cl)c2)CC1)=N/O. The summed E-state index contributed by atoms with van der Waals surface area (Å²) < 4.78 is 13.1. The number of nitrogens with zero attached hydrogens (tertiary/aromatic N) is 3. The first-order chi connectivity index (χ1) is 9.58. The van der Waals surface area contributed by atoms with Crippen LogP contribution in [0.5, 0.6) is 0 Å². The van der Waals surface area contributed by atoms with Crippen molar-refractivity contribution in [2.45, 2.75) is 6.54 Å². The second-order valence-corrected chi connectivity index (χ2v) is 5.30. The van der Waals surface area contributed by atoms with E-state index < -0.39 is 0 Å². The molecule has 0 atom stereocenters. The number of nitrogens with two attached hydrogens (primary N) is 1. The summed E-state index contributed by atoms with van der Waals surface area (Å²) in [5.74, 6) is -0.164. The molecule has 1 fully saturated rings. The van der Waals surface area contributed by atoms with Gasteiger partial charge in [0.15, 0.2) is 5.84 Å². The van der Waals surface area contributed by atoms with Gasteiger partial charge in [0.2, 0.25) is 0 Å². The van der Waals surface area contributed by atoms with Gasteiger partial charge in [0, 0.05) is 32.7 Å². The number of piperazine rings is 1. The van der Waals surface area contributed by atoms with Gasteiger partial charge in [0.05, 0.1) is 11.6 Å². The fraction of sp³-hybridized carbons (Fsp3) is 0.462. The van der Waals surface area contributed by atoms with Gasteiger partial charge >= 0.3 is 0 Å². The molecule has 20 heavy (non-hydrogen) atoms. The molecule has 0 spiro atoms. The molecule has 1 aliphatic heterocycles. The van der Waals surface area contributed by atoms with Gasteiger partial charge in [-0.1, -0.05) is 22.8 Å². The van der Waals surface area contributed by atoms with Crippen molar-refractivity contribution in [1.82, 2.24) is 9.80 Å². The molecule has 1 saturated heterocycles. The highest BCUT2D eigenvalue weighted by molar-refractivity contribution is 6.30. The third-order valence-electron chi connectivity index (χ3n) is 3.37. The van der Waals surface area contributed by atoms with Crippen molar-refractivity contribution >= 4 is 17.4 Å². The largest absolute Gasteiger partial charge is 0.409 e. The molecular formula is C13H18ClFN4O. The highest BCUT2D eigenvalue weighted by atomic mass is 35.5. The van der Waals surface area contributed by atoms with E-state index in [1.807, 2.05) is 0 Å². The predicted octanol–water partition coefficient (Wildman–Crippen LogP) is 1.34. The average Bonchev–Trinajstić information content (AvgIpc) is 2.45. The van der Waals surface area contributed by atoms with E-state index in [-0.39, 0.29) is 16.7 Å². The smallest absolute Gasteiger partial charge is 0.153 e. The van der Waals surface area contributed by atoms with Gasteiger partial charge in [-0.05, 0) is 17.7 Å². The van der Waals surface area contributed by atoms with Crippen LogP contribution in [0.3, 0.4) is 0 Å². The highest BCUT2D eigenvalue weighted by Crippen LogP contribution is 2.17. The number of benzene rings is 1. The fourth-order valence-electron chi connectivity index (χ4n) is 2.26. The van der Waals surface area contributed by atoms with Crippen molar-refractivity contribution in [3.05, 3.63) is 34.6 Å². The molecule has 1 aromatic rings. The van der Waals surface area contributed by atoms with Crippen LogP contribution in [0.4, 0.5) is 4.39 Å². The minimum atomic E-state index is -0.390. The Labute approximate surface area is 122 Å². The number of amidine groups is 1. The first kappa shape index (κ1) is 15.0. The first-order valence-corrected chi connectivity index (χ1v) is 6.81. The van der Waals surface area contributed by atoms with E-state index in [4.69, 9.17) is 22.5 Å². The molecule has 1 heterocycles. The zero-order valence-corrected chi connectivity index (χ0v) is 11.9. The van der Waals surface area contributed by atoms with Crippen LogP contribution in [-0.2, 0) is 6.54 Å². The van der Waals surface area contributed by atoms with Crippen molar-refractivity contribution in [1.29, 1.82) is 0 Å². The van der Waals surface area contributed by atoms with E-state index in [0.29, 0.717) is 6.54 Å². The monoisotopic (exact) mass is 300 g/mol. The molecule has 7 heteroatoms. The van der Waals surface area contributed by atoms with Gasteiger partial charge in [-0.25, -0.2) is 4.39 Å². The maximum atomic E-state index is 13.1. The summed E-state index contributed by atoms with van der Waals surface area (Å²) in [7, 11) is 0. The standard InChI is InChI=1S/C13H18ClFN4O/c14-11-7-10(1-2-12(11)15)8-18-3-5-19(6-4-18)9-13(16)17-20/h1-2,7,20H,3-6,8-9H2,(H2,16,17). The van der Waals surface area contributed by atoms with E-state index in [2.05, 4.69) is 15.0 Å². The van der Waals surface area contributed by atoms with Crippen molar-refractivity contribution < 1.29 is 9.60 Å². The minimum Gasteiger partial charge on any atom is -0.409 e. The third-order valence-corrected chi connectivity index (χ3v) is 3.66. The van der Waals surface area contributed by atoms with Crippen molar-refractivity contribution in [3.8, 4) is 0 Å². The summed E-state index contributed by atoms with van der Waals surface area (Å²) in [6, 6.07) is 4.82. The summed E-state index contributed by atoms with van der Waals surface area (Å²) in [5, 5.41) is 11.7. The second-order valence-electron chi connectivity index (χ2n) is 4.89. The van der Waals surface area contributed by atoms with Gasteiger partial charge < -0.3 is 10.9 Å². The molecular weight excluding hydrogens is 283 g/mol. The number of oxime groups is 1. The summed E-state index contributed by atoms with van der Waals surface area (Å²) >= 11 is 5.78. The van der Waals surface area contributed by atoms with Crippen LogP contribution in [-0.4, -0.2) is 53.6 Å². The van der Waals surface area contributed by atoms with E-state index in [1.165, 1.54) is 6.07 Å². The van der Waals surface area contributed by atoms with Gasteiger partial charge in [-0.2, -0.15) is 0 Å². The minimum absolute atomic E-state index is 0.160. The Kier molecular flexibility index (Phi) is 5.17. The quantitative estimate of drug-likeness (QED) is 0.381. The Hall–Kier alpha value is -1.37. The van der Waals surface area contributed by atoms with Gasteiger partial charge in [-0.15, -0.1) is 0 Å². The Morgan fingerprint density at radius 3 is 2.55 bits per heavy atom. The van der Waals surface area contributed by atoms with Crippen LogP contribution in [0.25, 0.3) is 0 Å². The molecule has 0 amide bonds. The summed E-state index contributed by atoms with van der Waals surface area (Å²) in [6.07, 6.45) is 0.